The van der Waals surface area contributed by atoms with E-state index in [0.29, 0.717) is 0 Å². The van der Waals surface area contributed by atoms with Gasteiger partial charge >= 0.3 is 0 Å². The third-order valence-electron chi connectivity index (χ3n) is 5.25. The summed E-state index contributed by atoms with van der Waals surface area (Å²) in [6.45, 7) is 2.29. The molecule has 1 nitrogen and oxygen atoms in total. The third kappa shape index (κ3) is 24.0. The molecule has 0 rings (SSSR count). The zero-order chi connectivity index (χ0) is 19.0. The number of carbonyl (C=O) groups is 1. The second-order valence-corrected chi connectivity index (χ2v) is 9.16. The molecule has 0 spiro atoms. The Labute approximate surface area is 169 Å². The van der Waals surface area contributed by atoms with Crippen LogP contribution < -0.4 is 0 Å². The maximum Gasteiger partial charge on any atom is 0.119 e. The highest BCUT2D eigenvalue weighted by atomic mass is 32.2. The van der Waals surface area contributed by atoms with E-state index < -0.39 is 0 Å². The van der Waals surface area contributed by atoms with Crippen LogP contribution in [-0.2, 0) is 4.79 Å². The summed E-state index contributed by atoms with van der Waals surface area (Å²) >= 11 is 2.17. The van der Waals surface area contributed by atoms with Crippen LogP contribution in [0.3, 0.4) is 0 Å². The number of carbonyl (C=O) groups excluding carboxylic acids is 1. The Morgan fingerprint density at radius 3 is 1.23 bits per heavy atom. The molecule has 2 heteroatoms. The number of hydrogen-bond donors (Lipinski definition) is 0. The van der Waals surface area contributed by atoms with Gasteiger partial charge in [0, 0.05) is 6.42 Å². The van der Waals surface area contributed by atoms with Crippen LogP contribution >= 0.6 is 11.8 Å². The first-order valence-electron chi connectivity index (χ1n) is 11.9. The average molecular weight is 385 g/mol. The highest BCUT2D eigenvalue weighted by molar-refractivity contribution is 7.99. The average Bonchev–Trinajstić information content (AvgIpc) is 2.66. The first-order valence-corrected chi connectivity index (χ1v) is 13.1. The summed E-state index contributed by atoms with van der Waals surface area (Å²) in [5.41, 5.74) is 0. The van der Waals surface area contributed by atoms with Crippen LogP contribution in [0.5, 0.6) is 0 Å². The van der Waals surface area contributed by atoms with Crippen molar-refractivity contribution in [1.82, 2.24) is 0 Å². The first-order chi connectivity index (χ1) is 12.9. The SMILES string of the molecule is CCCCCCCCCCCCCCSCCCCCCCCCC=O. The lowest BCUT2D eigenvalue weighted by atomic mass is 10.1. The van der Waals surface area contributed by atoms with Crippen LogP contribution in [0.2, 0.25) is 0 Å². The van der Waals surface area contributed by atoms with Crippen LogP contribution in [0, 0.1) is 0 Å². The molecule has 0 aliphatic heterocycles. The van der Waals surface area contributed by atoms with E-state index in [4.69, 9.17) is 0 Å². The van der Waals surface area contributed by atoms with Crippen LogP contribution in [0.15, 0.2) is 0 Å². The highest BCUT2D eigenvalue weighted by Crippen LogP contribution is 2.15. The van der Waals surface area contributed by atoms with Crippen molar-refractivity contribution in [2.24, 2.45) is 0 Å². The summed E-state index contributed by atoms with van der Waals surface area (Å²) < 4.78 is 0. The van der Waals surface area contributed by atoms with E-state index in [1.165, 1.54) is 127 Å². The summed E-state index contributed by atoms with van der Waals surface area (Å²) in [5, 5.41) is 0. The van der Waals surface area contributed by atoms with Gasteiger partial charge < -0.3 is 4.79 Å². The van der Waals surface area contributed by atoms with Gasteiger partial charge in [0.15, 0.2) is 0 Å². The third-order valence-corrected chi connectivity index (χ3v) is 6.41. The molecular weight excluding hydrogens is 336 g/mol. The van der Waals surface area contributed by atoms with Crippen molar-refractivity contribution in [2.45, 2.75) is 135 Å². The smallest absolute Gasteiger partial charge is 0.119 e. The molecule has 156 valence electrons. The van der Waals surface area contributed by atoms with Crippen molar-refractivity contribution in [3.63, 3.8) is 0 Å². The summed E-state index contributed by atoms with van der Waals surface area (Å²) in [4.78, 5) is 10.2. The molecule has 26 heavy (non-hydrogen) atoms. The van der Waals surface area contributed by atoms with E-state index in [1.807, 2.05) is 0 Å². The van der Waals surface area contributed by atoms with E-state index in [1.54, 1.807) is 0 Å². The maximum atomic E-state index is 10.2. The molecule has 0 atom stereocenters. The molecule has 0 aromatic rings. The van der Waals surface area contributed by atoms with Gasteiger partial charge in [-0.25, -0.2) is 0 Å². The predicted molar refractivity (Wildman–Crippen MR) is 121 cm³/mol. The Bertz CT molecular complexity index is 255. The molecule has 0 saturated heterocycles. The summed E-state index contributed by atoms with van der Waals surface area (Å²) in [6.07, 6.45) is 28.4. The van der Waals surface area contributed by atoms with E-state index >= 15 is 0 Å². The van der Waals surface area contributed by atoms with Gasteiger partial charge in [-0.1, -0.05) is 110 Å². The summed E-state index contributed by atoms with van der Waals surface area (Å²) in [7, 11) is 0. The Kier molecular flexibility index (Phi) is 25.0. The second-order valence-electron chi connectivity index (χ2n) is 7.93. The topological polar surface area (TPSA) is 17.1 Å². The zero-order valence-electron chi connectivity index (χ0n) is 18.0. The Hall–Kier alpha value is 0.0200. The van der Waals surface area contributed by atoms with Gasteiger partial charge in [0.2, 0.25) is 0 Å². The molecule has 0 aromatic carbocycles. The quantitative estimate of drug-likeness (QED) is 0.129. The molecule has 0 radical (unpaired) electrons. The van der Waals surface area contributed by atoms with Crippen LogP contribution in [0.25, 0.3) is 0 Å². The van der Waals surface area contributed by atoms with E-state index in [0.717, 1.165) is 19.1 Å². The maximum absolute atomic E-state index is 10.2. The number of aldehydes is 1. The van der Waals surface area contributed by atoms with E-state index in [2.05, 4.69) is 18.7 Å². The van der Waals surface area contributed by atoms with Crippen molar-refractivity contribution < 1.29 is 4.79 Å². The first kappa shape index (κ1) is 26.0. The zero-order valence-corrected chi connectivity index (χ0v) is 18.8. The van der Waals surface area contributed by atoms with Gasteiger partial charge in [-0.15, -0.1) is 0 Å². The van der Waals surface area contributed by atoms with E-state index in [9.17, 15) is 4.79 Å². The molecule has 0 aliphatic rings. The lowest BCUT2D eigenvalue weighted by Crippen LogP contribution is -1.87. The second kappa shape index (κ2) is 25.0. The van der Waals surface area contributed by atoms with Gasteiger partial charge in [0.05, 0.1) is 0 Å². The molecule has 0 aromatic heterocycles. The van der Waals surface area contributed by atoms with Crippen molar-refractivity contribution in [3.8, 4) is 0 Å². The van der Waals surface area contributed by atoms with Gasteiger partial charge in [-0.2, -0.15) is 11.8 Å². The Balaban J connectivity index is 2.96. The van der Waals surface area contributed by atoms with Crippen LogP contribution in [-0.4, -0.2) is 17.8 Å². The normalized spacial score (nSPS) is 11.1. The standard InChI is InChI=1S/C24H48OS/c1-2-3-4-5-6-7-8-9-11-14-17-20-23-26-24-21-18-15-12-10-13-16-19-22-25/h22H,2-21,23-24H2,1H3. The minimum atomic E-state index is 0.760. The number of hydrogen-bond acceptors (Lipinski definition) is 2. The number of unbranched alkanes of at least 4 members (excludes halogenated alkanes) is 18. The van der Waals surface area contributed by atoms with Crippen LogP contribution in [0.4, 0.5) is 0 Å². The monoisotopic (exact) mass is 384 g/mol. The minimum absolute atomic E-state index is 0.760. The molecule has 0 amide bonds. The molecule has 0 aliphatic carbocycles. The summed E-state index contributed by atoms with van der Waals surface area (Å²) in [6, 6.07) is 0. The van der Waals surface area contributed by atoms with Crippen LogP contribution in [0.1, 0.15) is 135 Å². The van der Waals surface area contributed by atoms with Gasteiger partial charge in [0.25, 0.3) is 0 Å². The van der Waals surface area contributed by atoms with Crippen molar-refractivity contribution in [2.75, 3.05) is 11.5 Å². The number of thioether (sulfide) groups is 1. The van der Waals surface area contributed by atoms with Gasteiger partial charge in [-0.3, -0.25) is 0 Å². The fourth-order valence-electron chi connectivity index (χ4n) is 3.46. The largest absolute Gasteiger partial charge is 0.303 e. The fraction of sp³-hybridized carbons (Fsp3) is 0.958. The van der Waals surface area contributed by atoms with Gasteiger partial charge in [0.1, 0.15) is 6.29 Å². The molecule has 0 unspecified atom stereocenters. The molecule has 0 N–H and O–H groups in total. The molecule has 0 saturated carbocycles. The number of rotatable bonds is 23. The lowest BCUT2D eigenvalue weighted by molar-refractivity contribution is -0.107. The minimum Gasteiger partial charge on any atom is -0.303 e. The molecule has 0 bridgehead atoms. The summed E-state index contributed by atoms with van der Waals surface area (Å²) in [5.74, 6) is 2.74. The van der Waals surface area contributed by atoms with E-state index in [-0.39, 0.29) is 0 Å². The highest BCUT2D eigenvalue weighted by Gasteiger charge is 1.95. The molecule has 0 heterocycles. The Morgan fingerprint density at radius 1 is 0.500 bits per heavy atom. The Morgan fingerprint density at radius 2 is 0.846 bits per heavy atom. The molecule has 0 fully saturated rings. The van der Waals surface area contributed by atoms with Gasteiger partial charge in [-0.05, 0) is 30.8 Å². The fourth-order valence-corrected chi connectivity index (χ4v) is 4.48. The molecular formula is C24H48OS. The van der Waals surface area contributed by atoms with Crippen molar-refractivity contribution in [3.05, 3.63) is 0 Å². The predicted octanol–water partition coefficient (Wildman–Crippen LogP) is 8.74. The van der Waals surface area contributed by atoms with Crippen molar-refractivity contribution >= 4 is 18.0 Å². The van der Waals surface area contributed by atoms with Crippen molar-refractivity contribution in [1.29, 1.82) is 0 Å². The lowest BCUT2D eigenvalue weighted by Gasteiger charge is -2.04.